The number of nitrogens with one attached hydrogen (secondary N) is 1. The Kier molecular flexibility index (Phi) is 3.65. The Hall–Kier alpha value is -0.650. The van der Waals surface area contributed by atoms with E-state index in [2.05, 4.69) is 27.2 Å². The van der Waals surface area contributed by atoms with Crippen LogP contribution in [0.1, 0.15) is 6.92 Å². The molecule has 0 bridgehead atoms. The highest BCUT2D eigenvalue weighted by Gasteiger charge is 2.02. The molecule has 0 saturated carbocycles. The van der Waals surface area contributed by atoms with Gasteiger partial charge in [-0.2, -0.15) is 0 Å². The van der Waals surface area contributed by atoms with Crippen LogP contribution >= 0.6 is 27.5 Å². The maximum absolute atomic E-state index is 5.79. The van der Waals surface area contributed by atoms with Crippen molar-refractivity contribution in [3.8, 4) is 12.3 Å². The molecule has 1 nitrogen and oxygen atoms in total. The molecule has 0 aliphatic heterocycles. The molecule has 1 atom stereocenters. The normalized spacial score (nSPS) is 11.8. The summed E-state index contributed by atoms with van der Waals surface area (Å²) in [5.74, 6) is 2.59. The molecular formula is C10H9BrClN. The number of benzene rings is 1. The van der Waals surface area contributed by atoms with Crippen LogP contribution < -0.4 is 5.32 Å². The van der Waals surface area contributed by atoms with Crippen molar-refractivity contribution in [2.45, 2.75) is 13.0 Å². The van der Waals surface area contributed by atoms with Gasteiger partial charge in [0.25, 0.3) is 0 Å². The third-order valence-corrected chi connectivity index (χ3v) is 2.44. The standard InChI is InChI=1S/C10H9BrClN/c1-3-7(2)13-10-5-4-8(12)6-9(10)11/h1,4-7,13H,2H3. The molecule has 0 fully saturated rings. The number of terminal acetylenes is 1. The first kappa shape index (κ1) is 10.4. The Bertz CT molecular complexity index is 343. The minimum absolute atomic E-state index is 0.0116. The van der Waals surface area contributed by atoms with Crippen molar-refractivity contribution < 1.29 is 0 Å². The summed E-state index contributed by atoms with van der Waals surface area (Å²) in [6.45, 7) is 1.92. The van der Waals surface area contributed by atoms with Gasteiger partial charge in [0.1, 0.15) is 0 Å². The number of halogens is 2. The average Bonchev–Trinajstić information content (AvgIpc) is 2.09. The van der Waals surface area contributed by atoms with Gasteiger partial charge in [-0.3, -0.25) is 0 Å². The molecule has 0 amide bonds. The summed E-state index contributed by atoms with van der Waals surface area (Å²) in [5.41, 5.74) is 0.954. The zero-order valence-corrected chi connectivity index (χ0v) is 9.48. The van der Waals surface area contributed by atoms with Crippen molar-refractivity contribution in [3.63, 3.8) is 0 Å². The highest BCUT2D eigenvalue weighted by Crippen LogP contribution is 2.26. The molecule has 1 aromatic carbocycles. The van der Waals surface area contributed by atoms with Crippen LogP contribution in [0.25, 0.3) is 0 Å². The van der Waals surface area contributed by atoms with E-state index in [0.717, 1.165) is 10.2 Å². The molecule has 0 radical (unpaired) electrons. The van der Waals surface area contributed by atoms with E-state index in [0.29, 0.717) is 5.02 Å². The zero-order chi connectivity index (χ0) is 9.84. The van der Waals surface area contributed by atoms with Gasteiger partial charge in [0.2, 0.25) is 0 Å². The molecule has 1 N–H and O–H groups in total. The summed E-state index contributed by atoms with van der Waals surface area (Å²) >= 11 is 9.18. The van der Waals surface area contributed by atoms with Gasteiger partial charge >= 0.3 is 0 Å². The maximum Gasteiger partial charge on any atom is 0.0846 e. The van der Waals surface area contributed by atoms with E-state index in [-0.39, 0.29) is 6.04 Å². The van der Waals surface area contributed by atoms with Crippen molar-refractivity contribution >= 4 is 33.2 Å². The van der Waals surface area contributed by atoms with Gasteiger partial charge in [-0.25, -0.2) is 0 Å². The van der Waals surface area contributed by atoms with Crippen LogP contribution in [-0.4, -0.2) is 6.04 Å². The molecule has 0 aliphatic rings. The zero-order valence-electron chi connectivity index (χ0n) is 7.14. The molecule has 0 aromatic heterocycles. The lowest BCUT2D eigenvalue weighted by Gasteiger charge is -2.10. The lowest BCUT2D eigenvalue weighted by molar-refractivity contribution is 1.03. The Morgan fingerprint density at radius 2 is 2.31 bits per heavy atom. The molecule has 13 heavy (non-hydrogen) atoms. The van der Waals surface area contributed by atoms with Crippen molar-refractivity contribution in [2.24, 2.45) is 0 Å². The van der Waals surface area contributed by atoms with Crippen molar-refractivity contribution in [3.05, 3.63) is 27.7 Å². The fourth-order valence-electron chi connectivity index (χ4n) is 0.881. The maximum atomic E-state index is 5.79. The molecule has 3 heteroatoms. The lowest BCUT2D eigenvalue weighted by Crippen LogP contribution is -2.12. The predicted octanol–water partition coefficient (Wildman–Crippen LogP) is 3.54. The summed E-state index contributed by atoms with van der Waals surface area (Å²) in [6.07, 6.45) is 5.25. The van der Waals surface area contributed by atoms with Crippen LogP contribution in [-0.2, 0) is 0 Å². The highest BCUT2D eigenvalue weighted by atomic mass is 79.9. The number of anilines is 1. The molecule has 0 saturated heterocycles. The molecule has 0 heterocycles. The Morgan fingerprint density at radius 1 is 1.62 bits per heavy atom. The van der Waals surface area contributed by atoms with Gasteiger partial charge in [0.15, 0.2) is 0 Å². The van der Waals surface area contributed by atoms with Crippen molar-refractivity contribution in [1.82, 2.24) is 0 Å². The molecule has 0 aliphatic carbocycles. The first-order valence-electron chi connectivity index (χ1n) is 3.81. The van der Waals surface area contributed by atoms with Crippen LogP contribution in [0.15, 0.2) is 22.7 Å². The van der Waals surface area contributed by atoms with Crippen molar-refractivity contribution in [1.29, 1.82) is 0 Å². The quantitative estimate of drug-likeness (QED) is 0.800. The van der Waals surface area contributed by atoms with Crippen LogP contribution in [0.2, 0.25) is 5.02 Å². The van der Waals surface area contributed by atoms with Crippen LogP contribution in [0, 0.1) is 12.3 Å². The van der Waals surface area contributed by atoms with Gasteiger partial charge in [0.05, 0.1) is 6.04 Å². The second kappa shape index (κ2) is 4.55. The number of hydrogen-bond donors (Lipinski definition) is 1. The first-order valence-corrected chi connectivity index (χ1v) is 4.98. The predicted molar refractivity (Wildman–Crippen MR) is 61.1 cm³/mol. The summed E-state index contributed by atoms with van der Waals surface area (Å²) in [7, 11) is 0. The second-order valence-electron chi connectivity index (χ2n) is 2.66. The van der Waals surface area contributed by atoms with E-state index in [1.807, 2.05) is 25.1 Å². The highest BCUT2D eigenvalue weighted by molar-refractivity contribution is 9.10. The van der Waals surface area contributed by atoms with E-state index in [9.17, 15) is 0 Å². The second-order valence-corrected chi connectivity index (χ2v) is 3.95. The van der Waals surface area contributed by atoms with Gasteiger partial charge in [-0.1, -0.05) is 17.5 Å². The Labute approximate surface area is 91.6 Å². The largest absolute Gasteiger partial charge is 0.371 e. The number of rotatable bonds is 2. The van der Waals surface area contributed by atoms with Crippen LogP contribution in [0.4, 0.5) is 5.69 Å². The summed E-state index contributed by atoms with van der Waals surface area (Å²) in [4.78, 5) is 0. The average molecular weight is 259 g/mol. The van der Waals surface area contributed by atoms with E-state index in [1.54, 1.807) is 0 Å². The fourth-order valence-corrected chi connectivity index (χ4v) is 1.68. The van der Waals surface area contributed by atoms with E-state index in [1.165, 1.54) is 0 Å². The molecule has 1 rings (SSSR count). The minimum atomic E-state index is 0.0116. The van der Waals surface area contributed by atoms with Crippen molar-refractivity contribution in [2.75, 3.05) is 5.32 Å². The summed E-state index contributed by atoms with van der Waals surface area (Å²) in [6, 6.07) is 5.54. The molecule has 1 aromatic rings. The summed E-state index contributed by atoms with van der Waals surface area (Å²) in [5, 5.41) is 3.85. The lowest BCUT2D eigenvalue weighted by atomic mass is 10.3. The van der Waals surface area contributed by atoms with Crippen LogP contribution in [0.5, 0.6) is 0 Å². The SMILES string of the molecule is C#CC(C)Nc1ccc(Cl)cc1Br. The minimum Gasteiger partial charge on any atom is -0.371 e. The van der Waals surface area contributed by atoms with Gasteiger partial charge in [0, 0.05) is 15.2 Å². The van der Waals surface area contributed by atoms with Gasteiger partial charge < -0.3 is 5.32 Å². The summed E-state index contributed by atoms with van der Waals surface area (Å²) < 4.78 is 0.919. The fraction of sp³-hybridized carbons (Fsp3) is 0.200. The Morgan fingerprint density at radius 3 is 2.85 bits per heavy atom. The number of hydrogen-bond acceptors (Lipinski definition) is 1. The molecule has 1 unspecified atom stereocenters. The van der Waals surface area contributed by atoms with Crippen LogP contribution in [0.3, 0.4) is 0 Å². The molecule has 0 spiro atoms. The Balaban J connectivity index is 2.85. The van der Waals surface area contributed by atoms with E-state index in [4.69, 9.17) is 18.0 Å². The van der Waals surface area contributed by atoms with E-state index >= 15 is 0 Å². The first-order chi connectivity index (χ1) is 6.13. The molecule has 68 valence electrons. The van der Waals surface area contributed by atoms with Gasteiger partial charge in [-0.05, 0) is 41.1 Å². The topological polar surface area (TPSA) is 12.0 Å². The smallest absolute Gasteiger partial charge is 0.0846 e. The third-order valence-electron chi connectivity index (χ3n) is 1.55. The van der Waals surface area contributed by atoms with Gasteiger partial charge in [-0.15, -0.1) is 6.42 Å². The third kappa shape index (κ3) is 2.95. The molecular weight excluding hydrogens is 249 g/mol. The monoisotopic (exact) mass is 257 g/mol. The van der Waals surface area contributed by atoms with E-state index < -0.39 is 0 Å².